The summed E-state index contributed by atoms with van der Waals surface area (Å²) >= 11 is 0. The number of methoxy groups -OCH3 is 10. The summed E-state index contributed by atoms with van der Waals surface area (Å²) in [5.41, 5.74) is 19.4. The lowest BCUT2D eigenvalue weighted by atomic mass is 9.46. The molecule has 0 unspecified atom stereocenters. The number of nitrogens with zero attached hydrogens (tertiary/aromatic N) is 13. The third-order valence-electron chi connectivity index (χ3n) is 33.4. The predicted molar refractivity (Wildman–Crippen MR) is 538 cm³/mol. The van der Waals surface area contributed by atoms with Gasteiger partial charge in [0.1, 0.15) is 11.2 Å². The Morgan fingerprint density at radius 2 is 0.592 bits per heavy atom. The van der Waals surface area contributed by atoms with Crippen LogP contribution in [-0.2, 0) is 114 Å². The molecule has 0 aromatic rings. The topological polar surface area (TPSA) is 500 Å². The van der Waals surface area contributed by atoms with Gasteiger partial charge in [0.25, 0.3) is 0 Å². The van der Waals surface area contributed by atoms with Crippen molar-refractivity contribution in [3.63, 3.8) is 0 Å². The first-order chi connectivity index (χ1) is 70.3. The van der Waals surface area contributed by atoms with Crippen LogP contribution in [0.2, 0.25) is 0 Å². The van der Waals surface area contributed by atoms with Gasteiger partial charge in [-0.1, -0.05) is 38.8 Å². The van der Waals surface area contributed by atoms with E-state index in [2.05, 4.69) is 54.9 Å². The molecule has 147 heavy (non-hydrogen) atoms. The van der Waals surface area contributed by atoms with Gasteiger partial charge in [-0.2, -0.15) is 0 Å². The normalized spacial score (nSPS) is 25.1. The number of rotatable bonds is 64. The van der Waals surface area contributed by atoms with Crippen LogP contribution in [0.3, 0.4) is 0 Å². The van der Waals surface area contributed by atoms with Gasteiger partial charge < -0.3 is 133 Å². The molecule has 828 valence electrons. The molecule has 45 heteroatoms. The van der Waals surface area contributed by atoms with E-state index in [1.807, 2.05) is 29.6 Å². The van der Waals surface area contributed by atoms with Gasteiger partial charge in [0, 0.05) is 192 Å². The van der Waals surface area contributed by atoms with E-state index in [9.17, 15) is 67.7 Å². The number of amides is 12. The Labute approximate surface area is 866 Å². The maximum atomic E-state index is 15.2. The molecule has 10 aliphatic rings. The van der Waals surface area contributed by atoms with E-state index >= 15 is 9.59 Å². The number of ether oxygens (including phenoxy) is 10. The van der Waals surface area contributed by atoms with Gasteiger partial charge in [0.15, 0.2) is 11.6 Å². The van der Waals surface area contributed by atoms with Gasteiger partial charge in [-0.3, -0.25) is 77.1 Å². The SMILES string of the molecule is COCCN(CC(N)=O)C(=O)CN(CCOC)C(=O)CN(CCCN1C=C([C@]2(O)CC[C@H]3[C@@H]4CCC5=CC(=O)CC[C@]5(C)[C@H]4CC[C@@]32C)NN1)C(=O)CN(CCOC)C(=O)CN(CCOC)C(=O)CN(CCOC)C(=O)CN(CCOC)C(=O)CN(CCOC)C(=O)CN(CCOC)C(=O)CN(CCOC)C(=O)CN(CCOC)C(=O)CNCCCN1C=C([C@]2(O)CC[C@H]3[C@@H]4CCC5=CC(=O)CC[C@]5(C)[C@H]4CC[C@@]32C)NN1. The molecule has 9 N–H and O–H groups in total. The summed E-state index contributed by atoms with van der Waals surface area (Å²) in [5.74, 6) is -5.52. The lowest BCUT2D eigenvalue weighted by Gasteiger charge is -2.59. The van der Waals surface area contributed by atoms with Gasteiger partial charge >= 0.3 is 0 Å². The summed E-state index contributed by atoms with van der Waals surface area (Å²) < 4.78 is 53.8. The van der Waals surface area contributed by atoms with Crippen molar-refractivity contribution in [2.45, 2.75) is 154 Å². The van der Waals surface area contributed by atoms with Crippen LogP contribution >= 0.6 is 0 Å². The van der Waals surface area contributed by atoms with E-state index in [4.69, 9.17) is 53.1 Å². The highest BCUT2D eigenvalue weighted by Gasteiger charge is 2.68. The highest BCUT2D eigenvalue weighted by atomic mass is 16.5. The number of ketones is 2. The average molecular weight is 2080 g/mol. The maximum Gasteiger partial charge on any atom is 0.242 e. The van der Waals surface area contributed by atoms with E-state index in [1.165, 1.54) is 112 Å². The number of carbonyl (C=O) groups excluding carboxylic acids is 14. The molecule has 12 amide bonds. The summed E-state index contributed by atoms with van der Waals surface area (Å²) in [6.45, 7) is 1.80. The van der Waals surface area contributed by atoms with Gasteiger partial charge in [-0.25, -0.2) is 0 Å². The molecule has 0 saturated heterocycles. The van der Waals surface area contributed by atoms with Crippen LogP contribution in [0.1, 0.15) is 143 Å². The Balaban J connectivity index is 0.762. The highest BCUT2D eigenvalue weighted by molar-refractivity contribution is 5.96. The van der Waals surface area contributed by atoms with Gasteiger partial charge in [0.2, 0.25) is 70.9 Å². The molecular formula is C102H169N19O26. The molecule has 45 nitrogen and oxygen atoms in total. The minimum Gasteiger partial charge on any atom is -0.383 e. The van der Waals surface area contributed by atoms with E-state index in [1.54, 1.807) is 5.01 Å². The number of hydrazine groups is 4. The number of nitrogens with two attached hydrogens (primary N) is 1. The van der Waals surface area contributed by atoms with Crippen LogP contribution < -0.4 is 33.0 Å². The molecule has 12 atom stereocenters. The molecule has 6 saturated carbocycles. The largest absolute Gasteiger partial charge is 0.383 e. The summed E-state index contributed by atoms with van der Waals surface area (Å²) in [6, 6.07) is 0. The number of allylic oxidation sites excluding steroid dienone is 2. The first-order valence-corrected chi connectivity index (χ1v) is 52.2. The van der Waals surface area contributed by atoms with E-state index in [-0.39, 0.29) is 191 Å². The second-order valence-electron chi connectivity index (χ2n) is 41.8. The number of hydrogen-bond acceptors (Lipinski definition) is 33. The number of fused-ring (bicyclic) bond motifs is 10. The Bertz CT molecular complexity index is 4610. The van der Waals surface area contributed by atoms with Crippen LogP contribution in [0.4, 0.5) is 0 Å². The molecule has 0 radical (unpaired) electrons. The van der Waals surface area contributed by atoms with Crippen LogP contribution in [0, 0.1) is 57.2 Å². The first-order valence-electron chi connectivity index (χ1n) is 52.2. The monoisotopic (exact) mass is 2080 g/mol. The van der Waals surface area contributed by atoms with Crippen LogP contribution in [-0.4, -0.2) is 475 Å². The van der Waals surface area contributed by atoms with Crippen molar-refractivity contribution in [3.05, 3.63) is 47.1 Å². The van der Waals surface area contributed by atoms with E-state index in [0.717, 1.165) is 107 Å². The van der Waals surface area contributed by atoms with E-state index in [0.29, 0.717) is 80.5 Å². The van der Waals surface area contributed by atoms with Crippen LogP contribution in [0.15, 0.2) is 47.1 Å². The van der Waals surface area contributed by atoms with Crippen LogP contribution in [0.25, 0.3) is 0 Å². The molecule has 0 bridgehead atoms. The Morgan fingerprint density at radius 3 is 0.864 bits per heavy atom. The van der Waals surface area contributed by atoms with E-state index < -0.39 is 159 Å². The Hall–Kier alpha value is -9.46. The summed E-state index contributed by atoms with van der Waals surface area (Å²) in [7, 11) is 14.1. The predicted octanol–water partition coefficient (Wildman–Crippen LogP) is -0.721. The van der Waals surface area contributed by atoms with Crippen molar-refractivity contribution in [1.82, 2.24) is 91.2 Å². The first kappa shape index (κ1) is 119. The van der Waals surface area contributed by atoms with Crippen LogP contribution in [0.5, 0.6) is 0 Å². The molecule has 6 fully saturated rings. The number of nitrogens with one attached hydrogen (secondary N) is 5. The fourth-order valence-electron chi connectivity index (χ4n) is 24.6. The summed E-state index contributed by atoms with van der Waals surface area (Å²) in [4.78, 5) is 212. The standard InChI is InChI=1S/C102H169N19O26/c1-97-27-21-75(122)57-73(97)17-19-77-79(97)23-29-99(3)81(77)25-31-101(99,136)83-60-120(107-105-83)35-15-33-104-59-86(125)111(38-48-139-6)64-90(129)114(41-51-142-9)67-92(131)116(43-53-144-11)69-94(133)118(45-55-146-13)71-96(135)119(46-56-147-14)72-95(134)117(44-54-145-12)70-93(132)115(42-52-143-10)68-91(130)112(39-49-140-7)65-87(126)109(63-89(128)113(40-50-141-8)66-88(127)110(37-47-138-5)62-85(103)124)34-16-36-121-61-84(106-108-121)102(137)32-26-82-78-20-18-74-58-76(123)22-28-98(74,2)80(78)24-30-100(82,102)4/h57-58,60-61,77-82,104-108,136-137H,15-56,59,62-72H2,1-14H3,(H2,103,124)/t77-,78-,79+,80+,81+,82+,97+,98+,99+,100+,101-,102-/m1/s1. The summed E-state index contributed by atoms with van der Waals surface area (Å²) in [5, 5.41) is 32.6. The zero-order valence-corrected chi connectivity index (χ0v) is 89.5. The second kappa shape index (κ2) is 56.6. The number of primary amides is 1. The highest BCUT2D eigenvalue weighted by Crippen LogP contribution is 2.70. The second-order valence-corrected chi connectivity index (χ2v) is 41.8. The number of carbonyl (C=O) groups is 14. The van der Waals surface area contributed by atoms with Crippen molar-refractivity contribution in [2.75, 3.05) is 307 Å². The fourth-order valence-corrected chi connectivity index (χ4v) is 24.6. The van der Waals surface area contributed by atoms with Gasteiger partial charge in [-0.05, 0) is 168 Å². The molecule has 2 heterocycles. The molecule has 0 aromatic heterocycles. The van der Waals surface area contributed by atoms with Crippen molar-refractivity contribution >= 4 is 82.5 Å². The van der Waals surface area contributed by atoms with Crippen molar-refractivity contribution in [1.29, 1.82) is 0 Å². The molecule has 8 aliphatic carbocycles. The van der Waals surface area contributed by atoms with Gasteiger partial charge in [-0.15, -0.1) is 11.1 Å². The zero-order valence-electron chi connectivity index (χ0n) is 89.5. The lowest BCUT2D eigenvalue weighted by Crippen LogP contribution is -2.56. The lowest BCUT2D eigenvalue weighted by molar-refractivity contribution is -0.150. The summed E-state index contributed by atoms with van der Waals surface area (Å²) in [6.07, 6.45) is 21.6. The third kappa shape index (κ3) is 30.1. The third-order valence-corrected chi connectivity index (χ3v) is 33.4. The molecule has 10 rings (SSSR count). The number of aliphatic hydroxyl groups is 2. The molecule has 2 aliphatic heterocycles. The number of hydrogen-bond donors (Lipinski definition) is 8. The molecular weight excluding hydrogens is 1910 g/mol. The molecule has 0 aromatic carbocycles. The fraction of sp³-hybridized carbons (Fsp3) is 0.784. The molecule has 0 spiro atoms. The Morgan fingerprint density at radius 1 is 0.340 bits per heavy atom. The van der Waals surface area contributed by atoms with Crippen molar-refractivity contribution in [3.8, 4) is 0 Å². The maximum absolute atomic E-state index is 15.2. The quantitative estimate of drug-likeness (QED) is 0.0348. The Kier molecular flexibility index (Phi) is 46.0. The van der Waals surface area contributed by atoms with Gasteiger partial charge in [0.05, 0.1) is 156 Å². The average Bonchev–Trinajstić information content (AvgIpc) is 1.56. The van der Waals surface area contributed by atoms with Crippen molar-refractivity contribution < 1.29 is 125 Å². The van der Waals surface area contributed by atoms with Crippen molar-refractivity contribution in [2.24, 2.45) is 62.9 Å². The minimum atomic E-state index is -1.22. The minimum absolute atomic E-state index is 0.00620. The smallest absolute Gasteiger partial charge is 0.242 e. The zero-order chi connectivity index (χ0) is 107.